The number of hydrogen-bond donors (Lipinski definition) is 3. The van der Waals surface area contributed by atoms with E-state index < -0.39 is 5.82 Å². The van der Waals surface area contributed by atoms with Crippen LogP contribution in [-0.4, -0.2) is 16.8 Å². The maximum absolute atomic E-state index is 13.1. The fourth-order valence-corrected chi connectivity index (χ4v) is 2.77. The van der Waals surface area contributed by atoms with Crippen molar-refractivity contribution in [3.8, 4) is 0 Å². The van der Waals surface area contributed by atoms with Crippen LogP contribution in [0.15, 0.2) is 67.0 Å². The Kier molecular flexibility index (Phi) is 6.52. The first-order chi connectivity index (χ1) is 14.0. The van der Waals surface area contributed by atoms with Gasteiger partial charge in [0.25, 0.3) is 5.91 Å². The first kappa shape index (κ1) is 20.0. The molecule has 0 saturated heterocycles. The van der Waals surface area contributed by atoms with Crippen molar-refractivity contribution in [2.75, 3.05) is 16.4 Å². The third kappa shape index (κ3) is 5.87. The van der Waals surface area contributed by atoms with Crippen LogP contribution >= 0.6 is 0 Å². The molecule has 0 fully saturated rings. The summed E-state index contributed by atoms with van der Waals surface area (Å²) in [6.07, 6.45) is 5.40. The number of amides is 2. The number of anilines is 3. The smallest absolute Gasteiger partial charge is 0.255 e. The molecular weight excluding hydrogens is 371 g/mol. The Bertz CT molecular complexity index is 991. The van der Waals surface area contributed by atoms with Crippen molar-refractivity contribution in [3.05, 3.63) is 83.9 Å². The number of aromatic nitrogens is 1. The zero-order valence-corrected chi connectivity index (χ0v) is 15.7. The second-order valence-electron chi connectivity index (χ2n) is 6.53. The lowest BCUT2D eigenvalue weighted by Crippen LogP contribution is -2.14. The molecule has 6 nitrogen and oxygen atoms in total. The summed E-state index contributed by atoms with van der Waals surface area (Å²) < 4.78 is 13.1. The molecule has 0 aliphatic heterocycles. The van der Waals surface area contributed by atoms with Crippen LogP contribution in [0.5, 0.6) is 0 Å². The molecule has 7 heteroatoms. The number of nitrogens with two attached hydrogens (primary N) is 1. The van der Waals surface area contributed by atoms with Gasteiger partial charge in [0.2, 0.25) is 5.91 Å². The van der Waals surface area contributed by atoms with E-state index in [-0.39, 0.29) is 17.5 Å². The number of nitrogen functional groups attached to an aromatic ring is 1. The van der Waals surface area contributed by atoms with Crippen molar-refractivity contribution in [1.82, 2.24) is 4.98 Å². The molecule has 3 aromatic rings. The quantitative estimate of drug-likeness (QED) is 0.529. The standard InChI is InChI=1S/C22H21FN4O2/c23-17-8-11-20(19(24)13-17)27-22(29)16-6-9-18(10-7-16)26-21(28)5-1-3-15-4-2-12-25-14-15/h2,4,6-14H,1,3,5,24H2,(H,26,28)(H,27,29). The maximum atomic E-state index is 13.1. The summed E-state index contributed by atoms with van der Waals surface area (Å²) in [5.41, 5.74) is 8.27. The molecule has 0 saturated carbocycles. The number of benzene rings is 2. The number of nitrogens with one attached hydrogen (secondary N) is 2. The molecule has 0 atom stereocenters. The van der Waals surface area contributed by atoms with Crippen molar-refractivity contribution in [3.63, 3.8) is 0 Å². The van der Waals surface area contributed by atoms with Gasteiger partial charge in [-0.25, -0.2) is 4.39 Å². The number of halogens is 1. The Labute approximate surface area is 168 Å². The Hall–Kier alpha value is -3.74. The lowest BCUT2D eigenvalue weighted by atomic mass is 10.1. The number of aryl methyl sites for hydroxylation is 1. The second-order valence-corrected chi connectivity index (χ2v) is 6.53. The number of carbonyl (C=O) groups excluding carboxylic acids is 2. The average Bonchev–Trinajstić information content (AvgIpc) is 2.71. The first-order valence-corrected chi connectivity index (χ1v) is 9.16. The van der Waals surface area contributed by atoms with Gasteiger partial charge in [0, 0.05) is 30.1 Å². The van der Waals surface area contributed by atoms with Crippen LogP contribution in [0.3, 0.4) is 0 Å². The lowest BCUT2D eigenvalue weighted by Gasteiger charge is -2.09. The summed E-state index contributed by atoms with van der Waals surface area (Å²) in [4.78, 5) is 28.4. The number of carbonyl (C=O) groups is 2. The van der Waals surface area contributed by atoms with Crippen LogP contribution in [-0.2, 0) is 11.2 Å². The monoisotopic (exact) mass is 392 g/mol. The Morgan fingerprint density at radius 3 is 2.52 bits per heavy atom. The zero-order valence-electron chi connectivity index (χ0n) is 15.7. The van der Waals surface area contributed by atoms with E-state index in [9.17, 15) is 14.0 Å². The van der Waals surface area contributed by atoms with E-state index >= 15 is 0 Å². The molecule has 0 spiro atoms. The van der Waals surface area contributed by atoms with E-state index in [1.54, 1.807) is 36.7 Å². The predicted molar refractivity (Wildman–Crippen MR) is 111 cm³/mol. The van der Waals surface area contributed by atoms with Crippen molar-refractivity contribution >= 4 is 28.9 Å². The van der Waals surface area contributed by atoms with Crippen molar-refractivity contribution < 1.29 is 14.0 Å². The summed E-state index contributed by atoms with van der Waals surface area (Å²) in [5.74, 6) is -0.941. The van der Waals surface area contributed by atoms with Gasteiger partial charge in [0.05, 0.1) is 11.4 Å². The topological polar surface area (TPSA) is 97.1 Å². The van der Waals surface area contributed by atoms with Gasteiger partial charge in [-0.15, -0.1) is 0 Å². The highest BCUT2D eigenvalue weighted by molar-refractivity contribution is 6.06. The highest BCUT2D eigenvalue weighted by Gasteiger charge is 2.09. The zero-order chi connectivity index (χ0) is 20.6. The molecular formula is C22H21FN4O2. The maximum Gasteiger partial charge on any atom is 0.255 e. The Balaban J connectivity index is 1.50. The van der Waals surface area contributed by atoms with E-state index in [4.69, 9.17) is 5.73 Å². The third-order valence-corrected chi connectivity index (χ3v) is 4.28. The molecule has 0 aliphatic rings. The molecule has 3 rings (SSSR count). The molecule has 2 amide bonds. The van der Waals surface area contributed by atoms with Gasteiger partial charge < -0.3 is 16.4 Å². The predicted octanol–water partition coefficient (Wildman–Crippen LogP) is 4.02. The second kappa shape index (κ2) is 9.45. The van der Waals surface area contributed by atoms with Crippen molar-refractivity contribution in [1.29, 1.82) is 0 Å². The summed E-state index contributed by atoms with van der Waals surface area (Å²) in [6.45, 7) is 0. The molecule has 148 valence electrons. The minimum atomic E-state index is -0.471. The van der Waals surface area contributed by atoms with Gasteiger partial charge in [0.1, 0.15) is 5.82 Å². The molecule has 0 bridgehead atoms. The Morgan fingerprint density at radius 1 is 1.03 bits per heavy atom. The van der Waals surface area contributed by atoms with Gasteiger partial charge in [0.15, 0.2) is 0 Å². The van der Waals surface area contributed by atoms with E-state index in [0.717, 1.165) is 24.5 Å². The first-order valence-electron chi connectivity index (χ1n) is 9.16. The van der Waals surface area contributed by atoms with E-state index in [1.165, 1.54) is 12.1 Å². The Morgan fingerprint density at radius 2 is 1.83 bits per heavy atom. The van der Waals surface area contributed by atoms with Gasteiger partial charge in [-0.05, 0) is 66.9 Å². The summed E-state index contributed by atoms with van der Waals surface area (Å²) >= 11 is 0. The minimum Gasteiger partial charge on any atom is -0.397 e. The van der Waals surface area contributed by atoms with Crippen LogP contribution in [0.1, 0.15) is 28.8 Å². The SMILES string of the molecule is Nc1cc(F)ccc1NC(=O)c1ccc(NC(=O)CCCc2cccnc2)cc1. The van der Waals surface area contributed by atoms with Crippen LogP contribution in [0.4, 0.5) is 21.5 Å². The summed E-state index contributed by atoms with van der Waals surface area (Å²) in [5, 5.41) is 5.45. The van der Waals surface area contributed by atoms with Gasteiger partial charge in [-0.3, -0.25) is 14.6 Å². The minimum absolute atomic E-state index is 0.0924. The summed E-state index contributed by atoms with van der Waals surface area (Å²) in [6, 6.07) is 14.1. The molecule has 29 heavy (non-hydrogen) atoms. The average molecular weight is 392 g/mol. The highest BCUT2D eigenvalue weighted by Crippen LogP contribution is 2.20. The van der Waals surface area contributed by atoms with Crippen molar-refractivity contribution in [2.24, 2.45) is 0 Å². The summed E-state index contributed by atoms with van der Waals surface area (Å²) in [7, 11) is 0. The molecule has 4 N–H and O–H groups in total. The van der Waals surface area contributed by atoms with E-state index in [2.05, 4.69) is 15.6 Å². The van der Waals surface area contributed by atoms with Crippen LogP contribution in [0.25, 0.3) is 0 Å². The molecule has 0 radical (unpaired) electrons. The number of hydrogen-bond acceptors (Lipinski definition) is 4. The molecule has 1 heterocycles. The molecule has 2 aromatic carbocycles. The highest BCUT2D eigenvalue weighted by atomic mass is 19.1. The number of rotatable bonds is 7. The molecule has 0 unspecified atom stereocenters. The largest absolute Gasteiger partial charge is 0.397 e. The molecule has 0 aliphatic carbocycles. The number of pyridine rings is 1. The third-order valence-electron chi connectivity index (χ3n) is 4.28. The van der Waals surface area contributed by atoms with Crippen LogP contribution < -0.4 is 16.4 Å². The lowest BCUT2D eigenvalue weighted by molar-refractivity contribution is -0.116. The van der Waals surface area contributed by atoms with Gasteiger partial charge in [-0.1, -0.05) is 6.07 Å². The van der Waals surface area contributed by atoms with E-state index in [1.807, 2.05) is 12.1 Å². The van der Waals surface area contributed by atoms with Crippen LogP contribution in [0, 0.1) is 5.82 Å². The molecule has 1 aromatic heterocycles. The number of nitrogens with zero attached hydrogens (tertiary/aromatic N) is 1. The van der Waals surface area contributed by atoms with Gasteiger partial charge in [-0.2, -0.15) is 0 Å². The van der Waals surface area contributed by atoms with Crippen molar-refractivity contribution in [2.45, 2.75) is 19.3 Å². The fraction of sp³-hybridized carbons (Fsp3) is 0.136. The fourth-order valence-electron chi connectivity index (χ4n) is 2.77. The van der Waals surface area contributed by atoms with Gasteiger partial charge >= 0.3 is 0 Å². The van der Waals surface area contributed by atoms with E-state index in [0.29, 0.717) is 23.4 Å². The van der Waals surface area contributed by atoms with Crippen LogP contribution in [0.2, 0.25) is 0 Å². The normalized spacial score (nSPS) is 10.4.